The second-order valence-corrected chi connectivity index (χ2v) is 7.80. The van der Waals surface area contributed by atoms with Gasteiger partial charge in [-0.05, 0) is 58.2 Å². The van der Waals surface area contributed by atoms with E-state index in [2.05, 4.69) is 67.4 Å². The van der Waals surface area contributed by atoms with E-state index in [0.29, 0.717) is 22.3 Å². The number of phenols is 1. The first-order valence-electron chi connectivity index (χ1n) is 9.38. The quantitative estimate of drug-likeness (QED) is 0.511. The highest BCUT2D eigenvalue weighted by Crippen LogP contribution is 2.34. The maximum atomic E-state index is 12.2. The van der Waals surface area contributed by atoms with Crippen molar-refractivity contribution in [2.75, 3.05) is 44.7 Å². The molecule has 0 atom stereocenters. The number of amides is 1. The van der Waals surface area contributed by atoms with Gasteiger partial charge in [-0.25, -0.2) is 5.43 Å². The largest absolute Gasteiger partial charge is 0.504 e. The van der Waals surface area contributed by atoms with E-state index in [4.69, 9.17) is 4.74 Å². The summed E-state index contributed by atoms with van der Waals surface area (Å²) in [6.07, 6.45) is 1.48. The van der Waals surface area contributed by atoms with E-state index < -0.39 is 0 Å². The van der Waals surface area contributed by atoms with Gasteiger partial charge in [-0.3, -0.25) is 9.69 Å². The van der Waals surface area contributed by atoms with E-state index in [9.17, 15) is 9.90 Å². The lowest BCUT2D eigenvalue weighted by molar-refractivity contribution is -0.122. The highest BCUT2D eigenvalue weighted by atomic mass is 79.9. The number of phenolic OH excluding ortho intramolecular Hbond substituents is 1. The van der Waals surface area contributed by atoms with Crippen LogP contribution in [0.25, 0.3) is 0 Å². The molecule has 1 amide bonds. The zero-order valence-electron chi connectivity index (χ0n) is 16.6. The molecule has 154 valence electrons. The van der Waals surface area contributed by atoms with Crippen molar-refractivity contribution in [1.82, 2.24) is 10.3 Å². The summed E-state index contributed by atoms with van der Waals surface area (Å²) < 4.78 is 5.69. The minimum absolute atomic E-state index is 0.00105. The van der Waals surface area contributed by atoms with Crippen LogP contribution in [-0.2, 0) is 4.79 Å². The number of benzene rings is 2. The summed E-state index contributed by atoms with van der Waals surface area (Å²) >= 11 is 3.33. The first-order chi connectivity index (χ1) is 14.0. The Hall–Kier alpha value is -2.58. The molecule has 1 aliphatic heterocycles. The SMILES string of the molecule is COc1c(O)cc(/C=N/NC(=O)CN2CCN(c3cccc(C)c3)CC2)cc1Br. The maximum absolute atomic E-state index is 12.2. The van der Waals surface area contributed by atoms with E-state index in [-0.39, 0.29) is 11.7 Å². The zero-order valence-corrected chi connectivity index (χ0v) is 18.1. The molecule has 0 radical (unpaired) electrons. The molecule has 7 nitrogen and oxygen atoms in total. The number of piperazine rings is 1. The third-order valence-electron chi connectivity index (χ3n) is 4.76. The number of ether oxygens (including phenoxy) is 1. The van der Waals surface area contributed by atoms with Gasteiger partial charge in [0, 0.05) is 31.9 Å². The molecule has 1 fully saturated rings. The fraction of sp³-hybridized carbons (Fsp3) is 0.333. The van der Waals surface area contributed by atoms with Gasteiger partial charge in [-0.1, -0.05) is 12.1 Å². The van der Waals surface area contributed by atoms with Crippen LogP contribution in [0.1, 0.15) is 11.1 Å². The van der Waals surface area contributed by atoms with Crippen LogP contribution < -0.4 is 15.1 Å². The Morgan fingerprint density at radius 2 is 2.03 bits per heavy atom. The summed E-state index contributed by atoms with van der Waals surface area (Å²) in [5.41, 5.74) is 5.66. The van der Waals surface area contributed by atoms with Crippen molar-refractivity contribution in [2.45, 2.75) is 6.92 Å². The number of hydrazone groups is 1. The summed E-state index contributed by atoms with van der Waals surface area (Å²) in [7, 11) is 1.48. The number of carbonyl (C=O) groups excluding carboxylic acids is 1. The lowest BCUT2D eigenvalue weighted by atomic mass is 10.2. The average molecular weight is 461 g/mol. The molecule has 1 heterocycles. The summed E-state index contributed by atoms with van der Waals surface area (Å²) in [5, 5.41) is 13.9. The van der Waals surface area contributed by atoms with Gasteiger partial charge in [0.1, 0.15) is 0 Å². The van der Waals surface area contributed by atoms with Crippen LogP contribution in [0, 0.1) is 6.92 Å². The number of rotatable bonds is 6. The fourth-order valence-corrected chi connectivity index (χ4v) is 3.91. The van der Waals surface area contributed by atoms with E-state index in [1.165, 1.54) is 30.6 Å². The van der Waals surface area contributed by atoms with Gasteiger partial charge in [0.05, 0.1) is 24.3 Å². The molecule has 1 saturated heterocycles. The molecule has 0 saturated carbocycles. The summed E-state index contributed by atoms with van der Waals surface area (Å²) in [6.45, 7) is 5.82. The molecule has 29 heavy (non-hydrogen) atoms. The summed E-state index contributed by atoms with van der Waals surface area (Å²) in [5.74, 6) is 0.194. The normalized spacial score (nSPS) is 14.9. The molecule has 0 spiro atoms. The molecule has 0 bridgehead atoms. The predicted molar refractivity (Wildman–Crippen MR) is 118 cm³/mol. The van der Waals surface area contributed by atoms with Gasteiger partial charge in [-0.2, -0.15) is 5.10 Å². The lowest BCUT2D eigenvalue weighted by Crippen LogP contribution is -2.49. The molecule has 2 aromatic rings. The van der Waals surface area contributed by atoms with E-state index in [1.54, 1.807) is 6.07 Å². The fourth-order valence-electron chi connectivity index (χ4n) is 3.28. The van der Waals surface area contributed by atoms with Gasteiger partial charge < -0.3 is 14.7 Å². The van der Waals surface area contributed by atoms with Crippen LogP contribution in [0.15, 0.2) is 46.0 Å². The van der Waals surface area contributed by atoms with E-state index in [0.717, 1.165) is 26.2 Å². The highest BCUT2D eigenvalue weighted by Gasteiger charge is 2.19. The predicted octanol–water partition coefficient (Wildman–Crippen LogP) is 2.74. The molecule has 0 unspecified atom stereocenters. The lowest BCUT2D eigenvalue weighted by Gasteiger charge is -2.35. The summed E-state index contributed by atoms with van der Waals surface area (Å²) in [6, 6.07) is 11.7. The Balaban J connectivity index is 1.46. The Morgan fingerprint density at radius 1 is 1.28 bits per heavy atom. The number of aromatic hydroxyl groups is 1. The van der Waals surface area contributed by atoms with Crippen molar-refractivity contribution in [1.29, 1.82) is 0 Å². The van der Waals surface area contributed by atoms with Crippen molar-refractivity contribution >= 4 is 33.7 Å². The summed E-state index contributed by atoms with van der Waals surface area (Å²) in [4.78, 5) is 16.6. The smallest absolute Gasteiger partial charge is 0.254 e. The van der Waals surface area contributed by atoms with Crippen molar-refractivity contribution < 1.29 is 14.6 Å². The third kappa shape index (κ3) is 5.71. The minimum atomic E-state index is -0.165. The molecule has 8 heteroatoms. The monoisotopic (exact) mass is 460 g/mol. The number of halogens is 1. The number of anilines is 1. The van der Waals surface area contributed by atoms with Crippen LogP contribution in [0.4, 0.5) is 5.69 Å². The van der Waals surface area contributed by atoms with Gasteiger partial charge in [0.15, 0.2) is 11.5 Å². The number of nitrogens with one attached hydrogen (secondary N) is 1. The first kappa shape index (κ1) is 21.1. The van der Waals surface area contributed by atoms with Crippen LogP contribution in [0.2, 0.25) is 0 Å². The highest BCUT2D eigenvalue weighted by molar-refractivity contribution is 9.10. The van der Waals surface area contributed by atoms with Crippen LogP contribution in [0.3, 0.4) is 0 Å². The number of methoxy groups -OCH3 is 1. The Bertz CT molecular complexity index is 872. The third-order valence-corrected chi connectivity index (χ3v) is 5.35. The Morgan fingerprint density at radius 3 is 2.69 bits per heavy atom. The molecule has 1 aliphatic rings. The maximum Gasteiger partial charge on any atom is 0.254 e. The van der Waals surface area contributed by atoms with Crippen LogP contribution in [0.5, 0.6) is 11.5 Å². The Kier molecular flexibility index (Phi) is 7.11. The number of carbonyl (C=O) groups is 1. The van der Waals surface area contributed by atoms with Crippen molar-refractivity contribution in [3.63, 3.8) is 0 Å². The number of hydrogen-bond acceptors (Lipinski definition) is 6. The number of nitrogens with zero attached hydrogens (tertiary/aromatic N) is 3. The van der Waals surface area contributed by atoms with Gasteiger partial charge in [-0.15, -0.1) is 0 Å². The van der Waals surface area contributed by atoms with Crippen molar-refractivity contribution in [3.05, 3.63) is 52.0 Å². The molecule has 3 rings (SSSR count). The molecular formula is C21H25BrN4O3. The topological polar surface area (TPSA) is 77.4 Å². The van der Waals surface area contributed by atoms with Gasteiger partial charge in [0.2, 0.25) is 0 Å². The standard InChI is InChI=1S/C21H25BrN4O3/c1-15-4-3-5-17(10-15)26-8-6-25(7-9-26)14-20(28)24-23-13-16-11-18(22)21(29-2)19(27)12-16/h3-5,10-13,27H,6-9,14H2,1-2H3,(H,24,28)/b23-13+. The Labute approximate surface area is 179 Å². The second-order valence-electron chi connectivity index (χ2n) is 6.95. The molecule has 2 N–H and O–H groups in total. The minimum Gasteiger partial charge on any atom is -0.504 e. The second kappa shape index (κ2) is 9.76. The molecule has 0 aromatic heterocycles. The zero-order chi connectivity index (χ0) is 20.8. The van der Waals surface area contributed by atoms with Crippen LogP contribution in [-0.4, -0.2) is 62.0 Å². The van der Waals surface area contributed by atoms with Gasteiger partial charge in [0.25, 0.3) is 5.91 Å². The molecule has 2 aromatic carbocycles. The van der Waals surface area contributed by atoms with Crippen molar-refractivity contribution in [2.24, 2.45) is 5.10 Å². The van der Waals surface area contributed by atoms with Gasteiger partial charge >= 0.3 is 0 Å². The van der Waals surface area contributed by atoms with E-state index >= 15 is 0 Å². The van der Waals surface area contributed by atoms with Crippen LogP contribution >= 0.6 is 15.9 Å². The first-order valence-corrected chi connectivity index (χ1v) is 10.2. The molecule has 0 aliphatic carbocycles. The number of hydrogen-bond donors (Lipinski definition) is 2. The molecular weight excluding hydrogens is 436 g/mol. The van der Waals surface area contributed by atoms with E-state index in [1.807, 2.05) is 0 Å². The van der Waals surface area contributed by atoms with Crippen molar-refractivity contribution in [3.8, 4) is 11.5 Å². The average Bonchev–Trinajstić information content (AvgIpc) is 2.68. The number of aryl methyl sites for hydroxylation is 1.